The maximum Gasteiger partial charge on any atom is 0.298 e. The van der Waals surface area contributed by atoms with Crippen LogP contribution in [0.25, 0.3) is 49.9 Å². The van der Waals surface area contributed by atoms with Crippen molar-refractivity contribution in [2.45, 2.75) is 19.8 Å². The Labute approximate surface area is 344 Å². The van der Waals surface area contributed by atoms with E-state index in [1.165, 1.54) is 30.3 Å². The highest BCUT2D eigenvalue weighted by Gasteiger charge is 2.37. The van der Waals surface area contributed by atoms with Gasteiger partial charge in [0.1, 0.15) is 12.5 Å². The molecule has 3 heterocycles. The van der Waals surface area contributed by atoms with Crippen LogP contribution in [0.2, 0.25) is 0 Å². The fourth-order valence-electron chi connectivity index (χ4n) is 7.81. The molecule has 2 aromatic heterocycles. The molecule has 9 aromatic rings. The quantitative estimate of drug-likeness (QED) is 0.162. The maximum atomic E-state index is 17.2. The van der Waals surface area contributed by atoms with E-state index in [0.717, 1.165) is 27.4 Å². The van der Waals surface area contributed by atoms with Gasteiger partial charge in [-0.3, -0.25) is 4.57 Å². The summed E-state index contributed by atoms with van der Waals surface area (Å²) in [6, 6.07) is 26.6. The second kappa shape index (κ2) is 13.6. The van der Waals surface area contributed by atoms with Crippen molar-refractivity contribution in [3.63, 3.8) is 0 Å². The first-order chi connectivity index (χ1) is 32.0. The second-order valence-corrected chi connectivity index (χ2v) is 14.0. The summed E-state index contributed by atoms with van der Waals surface area (Å²) in [6.45, 7) is 3.87. The van der Waals surface area contributed by atoms with Gasteiger partial charge in [0.25, 0.3) is 5.92 Å². The smallest absolute Gasteiger partial charge is 0.298 e. The molecule has 0 N–H and O–H groups in total. The van der Waals surface area contributed by atoms with Crippen LogP contribution in [0.4, 0.5) is 31.5 Å². The highest BCUT2D eigenvalue weighted by molar-refractivity contribution is 6.09. The third-order valence-electron chi connectivity index (χ3n) is 10.7. The Kier molecular flexibility index (Phi) is 6.01. The summed E-state index contributed by atoms with van der Waals surface area (Å²) in [6.07, 6.45) is 1.78. The lowest BCUT2D eigenvalue weighted by Gasteiger charge is -2.27. The van der Waals surface area contributed by atoms with Gasteiger partial charge >= 0.3 is 0 Å². The normalized spacial score (nSPS) is 15.2. The average molecular weight is 755 g/mol. The van der Waals surface area contributed by atoms with Crippen molar-refractivity contribution in [3.8, 4) is 28.1 Å². The van der Waals surface area contributed by atoms with Crippen molar-refractivity contribution in [2.75, 3.05) is 16.5 Å². The number of aromatic nitrogens is 2. The lowest BCUT2D eigenvalue weighted by Crippen LogP contribution is -2.25. The van der Waals surface area contributed by atoms with Crippen molar-refractivity contribution in [1.82, 2.24) is 9.55 Å². The number of hydrogen-bond acceptors (Lipinski definition) is 3. The van der Waals surface area contributed by atoms with E-state index in [4.69, 9.17) is 18.7 Å². The number of benzene rings is 7. The SMILES string of the molecule is [2H]c1c([2H])c([2H])c(-c2cccc(-c3c([2H])c([2H])c([2H])c([2H])c3[2H])c2N2CN(c3cccc(C(F)(F)c4ccc5c6ccccc6n(-c6cc(C)c(C)cn6)c5c4)c3)c3ccccc32)c([2H])c1[2H]. The molecule has 0 radical (unpaired) electrons. The van der Waals surface area contributed by atoms with Crippen LogP contribution in [0.3, 0.4) is 0 Å². The molecule has 0 saturated carbocycles. The molecule has 0 spiro atoms. The lowest BCUT2D eigenvalue weighted by atomic mass is 9.95. The molecule has 6 heteroatoms. The van der Waals surface area contributed by atoms with Crippen molar-refractivity contribution in [2.24, 2.45) is 0 Å². The molecule has 57 heavy (non-hydrogen) atoms. The number of para-hydroxylation sites is 4. The van der Waals surface area contributed by atoms with Gasteiger partial charge in [-0.25, -0.2) is 4.98 Å². The van der Waals surface area contributed by atoms with E-state index in [0.29, 0.717) is 28.4 Å². The minimum Gasteiger partial charge on any atom is -0.321 e. The topological polar surface area (TPSA) is 24.3 Å². The predicted octanol–water partition coefficient (Wildman–Crippen LogP) is 13.5. The zero-order chi connectivity index (χ0) is 47.4. The van der Waals surface area contributed by atoms with E-state index in [1.54, 1.807) is 70.6 Å². The van der Waals surface area contributed by atoms with Gasteiger partial charge in [-0.1, -0.05) is 133 Å². The van der Waals surface area contributed by atoms with Gasteiger partial charge in [-0.05, 0) is 78.6 Å². The van der Waals surface area contributed by atoms with Crippen LogP contribution in [0.5, 0.6) is 0 Å². The first kappa shape index (κ1) is 25.2. The van der Waals surface area contributed by atoms with Crippen molar-refractivity contribution in [3.05, 3.63) is 204 Å². The molecule has 0 atom stereocenters. The van der Waals surface area contributed by atoms with Crippen LogP contribution in [0.1, 0.15) is 36.0 Å². The summed E-state index contributed by atoms with van der Waals surface area (Å²) in [4.78, 5) is 8.25. The van der Waals surface area contributed by atoms with E-state index in [9.17, 15) is 0 Å². The highest BCUT2D eigenvalue weighted by Crippen LogP contribution is 2.50. The zero-order valence-corrected chi connectivity index (χ0v) is 30.8. The van der Waals surface area contributed by atoms with Crippen LogP contribution in [0, 0.1) is 13.8 Å². The summed E-state index contributed by atoms with van der Waals surface area (Å²) < 4.78 is 123. The molecule has 1 aliphatic rings. The molecular formula is C51H38F2N4. The third kappa shape index (κ3) is 5.75. The van der Waals surface area contributed by atoms with Gasteiger partial charge < -0.3 is 9.80 Å². The average Bonchev–Trinajstić information content (AvgIpc) is 3.88. The van der Waals surface area contributed by atoms with E-state index < -0.39 is 66.3 Å². The van der Waals surface area contributed by atoms with E-state index >= 15 is 8.78 Å². The van der Waals surface area contributed by atoms with Crippen LogP contribution >= 0.6 is 0 Å². The Balaban J connectivity index is 1.13. The Morgan fingerprint density at radius 1 is 0.579 bits per heavy atom. The standard InChI is InChI=1S/C51H38F2N4/c1-34-29-49(54-32-35(34)2)57-45-24-10-9-21-43(45)44-28-27-39(31-48(44)57)51(52,53)38-19-13-20-40(30-38)55-33-56(47-26-12-11-25-46(47)55)50-41(36-15-5-3-6-16-36)22-14-23-42(50)37-17-7-4-8-18-37/h3-32H,33H2,1-2H3/i3D,4D,5D,6D,7D,8D,15D,16D,17D,18D. The maximum absolute atomic E-state index is 17.2. The molecule has 7 aromatic carbocycles. The lowest BCUT2D eigenvalue weighted by molar-refractivity contribution is 0.0430. The number of halogens is 2. The predicted molar refractivity (Wildman–Crippen MR) is 230 cm³/mol. The van der Waals surface area contributed by atoms with Gasteiger partial charge in [-0.2, -0.15) is 8.78 Å². The number of aryl methyl sites for hydroxylation is 2. The van der Waals surface area contributed by atoms with Gasteiger partial charge in [-0.15, -0.1) is 0 Å². The summed E-state index contributed by atoms with van der Waals surface area (Å²) >= 11 is 0. The van der Waals surface area contributed by atoms with Gasteiger partial charge in [0.05, 0.1) is 41.8 Å². The zero-order valence-electron chi connectivity index (χ0n) is 40.8. The monoisotopic (exact) mass is 754 g/mol. The Hall–Kier alpha value is -7.05. The molecule has 4 nitrogen and oxygen atoms in total. The van der Waals surface area contributed by atoms with Crippen molar-refractivity contribution < 1.29 is 22.5 Å². The van der Waals surface area contributed by atoms with Crippen molar-refractivity contribution in [1.29, 1.82) is 0 Å². The molecule has 1 aliphatic heterocycles. The molecule has 0 amide bonds. The van der Waals surface area contributed by atoms with Crippen LogP contribution in [0.15, 0.2) is 182 Å². The number of hydrogen-bond donors (Lipinski definition) is 0. The molecule has 0 fully saturated rings. The van der Waals surface area contributed by atoms with Crippen LogP contribution in [-0.2, 0) is 5.92 Å². The number of rotatable bonds is 7. The fourth-order valence-corrected chi connectivity index (χ4v) is 7.81. The number of anilines is 4. The molecule has 10 rings (SSSR count). The number of pyridine rings is 1. The minimum absolute atomic E-state index is 0.0786. The van der Waals surface area contributed by atoms with E-state index in [2.05, 4.69) is 0 Å². The summed E-state index contributed by atoms with van der Waals surface area (Å²) in [5.74, 6) is -2.89. The Morgan fingerprint density at radius 3 is 1.89 bits per heavy atom. The minimum atomic E-state index is -3.50. The van der Waals surface area contributed by atoms with Gasteiger partial charge in [0, 0.05) is 44.9 Å². The molecule has 0 unspecified atom stereocenters. The van der Waals surface area contributed by atoms with Gasteiger partial charge in [0.15, 0.2) is 0 Å². The van der Waals surface area contributed by atoms with Crippen molar-refractivity contribution >= 4 is 44.6 Å². The molecule has 0 saturated heterocycles. The molecule has 0 aliphatic carbocycles. The third-order valence-corrected chi connectivity index (χ3v) is 10.7. The van der Waals surface area contributed by atoms with E-state index in [-0.39, 0.29) is 45.7 Å². The van der Waals surface area contributed by atoms with Gasteiger partial charge in [0.2, 0.25) is 0 Å². The summed E-state index contributed by atoms with van der Waals surface area (Å²) in [7, 11) is 0. The van der Waals surface area contributed by atoms with E-state index in [1.807, 2.05) is 48.7 Å². The first-order valence-corrected chi connectivity index (χ1v) is 18.4. The fraction of sp³-hybridized carbons (Fsp3) is 0.0784. The number of fused-ring (bicyclic) bond motifs is 4. The Bertz CT molecular complexity index is 3410. The highest BCUT2D eigenvalue weighted by atomic mass is 19.3. The second-order valence-electron chi connectivity index (χ2n) is 14.0. The molecular weight excluding hydrogens is 707 g/mol. The number of alkyl halides is 2. The first-order valence-electron chi connectivity index (χ1n) is 23.4. The number of nitrogens with zero attached hydrogens (tertiary/aromatic N) is 4. The van der Waals surface area contributed by atoms with Crippen LogP contribution in [-0.4, -0.2) is 16.2 Å². The Morgan fingerprint density at radius 2 is 1.19 bits per heavy atom. The molecule has 276 valence electrons. The largest absolute Gasteiger partial charge is 0.321 e. The van der Waals surface area contributed by atoms with Crippen LogP contribution < -0.4 is 9.80 Å². The summed E-state index contributed by atoms with van der Waals surface area (Å²) in [5.41, 5.74) is 4.47. The summed E-state index contributed by atoms with van der Waals surface area (Å²) in [5, 5.41) is 1.69. The molecule has 0 bridgehead atoms.